The minimum atomic E-state index is -3.18. The van der Waals surface area contributed by atoms with Gasteiger partial charge in [0.15, 0.2) is 9.84 Å². The van der Waals surface area contributed by atoms with Crippen molar-refractivity contribution in [3.8, 4) is 0 Å². The standard InChI is InChI=1S/C15H26O5S4/c16-23-5-1-2-19-14(9-23)12-6-20-15(11-24(17,18)10-12)13-7-21-3-4-22-8-13/h12-15H,1-11H2. The third-order valence-electron chi connectivity index (χ3n) is 4.70. The lowest BCUT2D eigenvalue weighted by molar-refractivity contribution is -0.0254. The van der Waals surface area contributed by atoms with Crippen LogP contribution in [0.1, 0.15) is 6.42 Å². The molecule has 0 radical (unpaired) electrons. The highest BCUT2D eigenvalue weighted by molar-refractivity contribution is 8.03. The topological polar surface area (TPSA) is 69.7 Å². The van der Waals surface area contributed by atoms with Gasteiger partial charge in [0.1, 0.15) is 0 Å². The second-order valence-corrected chi connectivity index (χ2v) is 12.8. The minimum absolute atomic E-state index is 0.0956. The molecule has 3 heterocycles. The molecule has 3 aliphatic rings. The number of rotatable bonds is 2. The molecule has 3 saturated heterocycles. The Hall–Kier alpha value is 0.720. The van der Waals surface area contributed by atoms with Crippen molar-refractivity contribution >= 4 is 44.2 Å². The van der Waals surface area contributed by atoms with Crippen molar-refractivity contribution in [2.45, 2.75) is 18.6 Å². The maximum atomic E-state index is 12.6. The Morgan fingerprint density at radius 2 is 1.71 bits per heavy atom. The fraction of sp³-hybridized carbons (Fsp3) is 1.00. The molecule has 140 valence electrons. The van der Waals surface area contributed by atoms with Gasteiger partial charge >= 0.3 is 0 Å². The van der Waals surface area contributed by atoms with Crippen LogP contribution in [0.25, 0.3) is 0 Å². The van der Waals surface area contributed by atoms with E-state index in [-0.39, 0.29) is 29.6 Å². The molecule has 0 amide bonds. The Morgan fingerprint density at radius 1 is 0.958 bits per heavy atom. The third kappa shape index (κ3) is 5.61. The molecule has 0 aromatic rings. The summed E-state index contributed by atoms with van der Waals surface area (Å²) in [4.78, 5) is 0. The van der Waals surface area contributed by atoms with Crippen LogP contribution in [0.2, 0.25) is 0 Å². The van der Waals surface area contributed by atoms with Gasteiger partial charge in [-0.05, 0) is 17.9 Å². The smallest absolute Gasteiger partial charge is 0.153 e. The first-order chi connectivity index (χ1) is 11.5. The van der Waals surface area contributed by atoms with Gasteiger partial charge in [0.05, 0.1) is 36.1 Å². The summed E-state index contributed by atoms with van der Waals surface area (Å²) in [6.07, 6.45) is 0.303. The fourth-order valence-corrected chi connectivity index (χ4v) is 9.37. The summed E-state index contributed by atoms with van der Waals surface area (Å²) in [6, 6.07) is 0. The number of sulfone groups is 1. The average molecular weight is 415 g/mol. The highest BCUT2D eigenvalue weighted by Crippen LogP contribution is 2.29. The van der Waals surface area contributed by atoms with Crippen molar-refractivity contribution in [3.63, 3.8) is 0 Å². The molecular weight excluding hydrogens is 388 g/mol. The third-order valence-corrected chi connectivity index (χ3v) is 10.5. The van der Waals surface area contributed by atoms with Crippen LogP contribution in [-0.4, -0.2) is 84.1 Å². The molecule has 0 saturated carbocycles. The molecule has 9 heteroatoms. The van der Waals surface area contributed by atoms with E-state index in [1.807, 2.05) is 23.5 Å². The Kier molecular flexibility index (Phi) is 7.37. The van der Waals surface area contributed by atoms with Gasteiger partial charge in [0.25, 0.3) is 0 Å². The summed E-state index contributed by atoms with van der Waals surface area (Å²) in [7, 11) is -4.10. The second-order valence-electron chi connectivity index (χ2n) is 6.69. The van der Waals surface area contributed by atoms with Crippen molar-refractivity contribution in [2.24, 2.45) is 11.8 Å². The predicted octanol–water partition coefficient (Wildman–Crippen LogP) is 1.05. The van der Waals surface area contributed by atoms with Crippen molar-refractivity contribution in [2.75, 3.05) is 59.2 Å². The highest BCUT2D eigenvalue weighted by Gasteiger charge is 2.38. The number of thioether (sulfide) groups is 2. The van der Waals surface area contributed by atoms with Crippen LogP contribution >= 0.6 is 23.5 Å². The van der Waals surface area contributed by atoms with Gasteiger partial charge in [-0.25, -0.2) is 8.42 Å². The lowest BCUT2D eigenvalue weighted by atomic mass is 10.1. The molecule has 5 nitrogen and oxygen atoms in total. The minimum Gasteiger partial charge on any atom is -0.377 e. The van der Waals surface area contributed by atoms with Crippen LogP contribution in [-0.2, 0) is 30.1 Å². The van der Waals surface area contributed by atoms with E-state index >= 15 is 0 Å². The number of hydrogen-bond donors (Lipinski definition) is 0. The quantitative estimate of drug-likeness (QED) is 0.669. The highest BCUT2D eigenvalue weighted by atomic mass is 32.2. The Balaban J connectivity index is 1.68. The molecule has 0 aromatic heterocycles. The summed E-state index contributed by atoms with van der Waals surface area (Å²) < 4.78 is 49.1. The molecule has 4 unspecified atom stereocenters. The Morgan fingerprint density at radius 3 is 2.46 bits per heavy atom. The van der Waals surface area contributed by atoms with Crippen molar-refractivity contribution < 1.29 is 22.1 Å². The fourth-order valence-electron chi connectivity index (χ4n) is 3.37. The molecule has 4 atom stereocenters. The zero-order valence-corrected chi connectivity index (χ0v) is 17.0. The van der Waals surface area contributed by atoms with Gasteiger partial charge in [-0.15, -0.1) is 0 Å². The van der Waals surface area contributed by atoms with Crippen molar-refractivity contribution in [3.05, 3.63) is 0 Å². The molecule has 24 heavy (non-hydrogen) atoms. The lowest BCUT2D eigenvalue weighted by Gasteiger charge is -2.26. The van der Waals surface area contributed by atoms with E-state index in [1.165, 1.54) is 0 Å². The first-order valence-electron chi connectivity index (χ1n) is 8.47. The molecule has 0 N–H and O–H groups in total. The van der Waals surface area contributed by atoms with E-state index in [4.69, 9.17) is 9.47 Å². The van der Waals surface area contributed by atoms with Crippen LogP contribution in [0.5, 0.6) is 0 Å². The molecule has 0 spiro atoms. The summed E-state index contributed by atoms with van der Waals surface area (Å²) in [5, 5.41) is 0. The molecule has 3 rings (SSSR count). The predicted molar refractivity (Wildman–Crippen MR) is 102 cm³/mol. The van der Waals surface area contributed by atoms with Gasteiger partial charge in [0, 0.05) is 46.5 Å². The van der Waals surface area contributed by atoms with Crippen LogP contribution in [0.3, 0.4) is 0 Å². The van der Waals surface area contributed by atoms with Gasteiger partial charge in [-0.1, -0.05) is 0 Å². The van der Waals surface area contributed by atoms with Crippen molar-refractivity contribution in [1.29, 1.82) is 0 Å². The summed E-state index contributed by atoms with van der Waals surface area (Å²) in [5.74, 6) is 5.59. The van der Waals surface area contributed by atoms with Crippen molar-refractivity contribution in [1.82, 2.24) is 0 Å². The second kappa shape index (κ2) is 9.08. The van der Waals surface area contributed by atoms with E-state index in [9.17, 15) is 12.6 Å². The lowest BCUT2D eigenvalue weighted by Crippen LogP contribution is -2.35. The van der Waals surface area contributed by atoms with Crippen LogP contribution in [0, 0.1) is 11.8 Å². The summed E-state index contributed by atoms with van der Waals surface area (Å²) >= 11 is 3.79. The van der Waals surface area contributed by atoms with Gasteiger partial charge in [-0.2, -0.15) is 23.5 Å². The first-order valence-corrected chi connectivity index (χ1v) is 14.1. The maximum Gasteiger partial charge on any atom is 0.153 e. The average Bonchev–Trinajstić information content (AvgIpc) is 2.97. The normalized spacial score (nSPS) is 39.5. The number of hydrogen-bond acceptors (Lipinski definition) is 7. The van der Waals surface area contributed by atoms with E-state index in [1.54, 1.807) is 0 Å². The zero-order valence-electron chi connectivity index (χ0n) is 13.8. The van der Waals surface area contributed by atoms with E-state index in [0.29, 0.717) is 30.6 Å². The maximum absolute atomic E-state index is 12.6. The molecule has 3 fully saturated rings. The summed E-state index contributed by atoms with van der Waals surface area (Å²) in [6.45, 7) is 0.962. The molecule has 0 aliphatic carbocycles. The van der Waals surface area contributed by atoms with Crippen LogP contribution in [0.15, 0.2) is 0 Å². The van der Waals surface area contributed by atoms with Gasteiger partial charge < -0.3 is 9.47 Å². The zero-order chi connectivity index (χ0) is 17.0. The van der Waals surface area contributed by atoms with Gasteiger partial charge in [-0.3, -0.25) is 4.21 Å². The monoisotopic (exact) mass is 414 g/mol. The molecular formula is C15H26O5S4. The molecule has 3 aliphatic heterocycles. The Labute approximate surface area is 155 Å². The van der Waals surface area contributed by atoms with E-state index in [2.05, 4.69) is 0 Å². The molecule has 0 aromatic carbocycles. The van der Waals surface area contributed by atoms with Crippen LogP contribution < -0.4 is 0 Å². The van der Waals surface area contributed by atoms with Crippen LogP contribution in [0.4, 0.5) is 0 Å². The molecule has 0 bridgehead atoms. The first kappa shape index (κ1) is 19.5. The van der Waals surface area contributed by atoms with E-state index in [0.717, 1.165) is 29.4 Å². The van der Waals surface area contributed by atoms with E-state index < -0.39 is 20.6 Å². The van der Waals surface area contributed by atoms with Gasteiger partial charge in [0.2, 0.25) is 0 Å². The largest absolute Gasteiger partial charge is 0.377 e. The summed E-state index contributed by atoms with van der Waals surface area (Å²) in [5.41, 5.74) is 0. The SMILES string of the molecule is O=S1CCCOC(C2COC(C3CSCCSC3)CS(=O)(=O)C2)C1. The number of ether oxygens (including phenoxy) is 2. The Bertz CT molecular complexity index is 530.